The number of benzene rings is 4. The van der Waals surface area contributed by atoms with Crippen molar-refractivity contribution in [3.05, 3.63) is 102 Å². The number of ketones is 1. The van der Waals surface area contributed by atoms with Gasteiger partial charge in [-0.2, -0.15) is 5.26 Å². The number of hydrogen-bond donors (Lipinski definition) is 1. The molecule has 1 heterocycles. The molecule has 0 aliphatic carbocycles. The van der Waals surface area contributed by atoms with Crippen LogP contribution < -0.4 is 0 Å². The molecule has 1 aromatic heterocycles. The fraction of sp³-hybridized carbons (Fsp3) is 0.308. The Morgan fingerprint density at radius 3 is 2.11 bits per heavy atom. The third-order valence-corrected chi connectivity index (χ3v) is 9.50. The molecule has 5 rings (SSSR count). The summed E-state index contributed by atoms with van der Waals surface area (Å²) in [6, 6.07) is 25.8. The minimum atomic E-state index is -0.337. The number of aromatic nitrogens is 1. The van der Waals surface area contributed by atoms with E-state index >= 15 is 0 Å². The van der Waals surface area contributed by atoms with Crippen LogP contribution in [0.2, 0.25) is 0 Å². The van der Waals surface area contributed by atoms with Gasteiger partial charge in [0.2, 0.25) is 0 Å². The van der Waals surface area contributed by atoms with Gasteiger partial charge in [-0.3, -0.25) is 9.78 Å². The van der Waals surface area contributed by atoms with E-state index < -0.39 is 0 Å². The Labute approximate surface area is 279 Å². The smallest absolute Gasteiger partial charge is 0.164 e. The third kappa shape index (κ3) is 7.17. The zero-order valence-electron chi connectivity index (χ0n) is 26.8. The molecule has 5 aromatic rings. The first-order valence-electron chi connectivity index (χ1n) is 15.3. The van der Waals surface area contributed by atoms with Crippen molar-refractivity contribution in [1.82, 2.24) is 4.98 Å². The van der Waals surface area contributed by atoms with Crippen molar-refractivity contribution in [2.45, 2.75) is 67.2 Å². The largest absolute Gasteiger partial charge is 0.512 e. The molecule has 0 bridgehead atoms. The number of carbonyl (C=O) groups excluding carboxylic acids is 1. The first-order valence-corrected chi connectivity index (χ1v) is 15.3. The second kappa shape index (κ2) is 14.9. The summed E-state index contributed by atoms with van der Waals surface area (Å²) in [5.41, 5.74) is 1.48. The summed E-state index contributed by atoms with van der Waals surface area (Å²) in [6.45, 7) is 12.1. The third-order valence-electron chi connectivity index (χ3n) is 9.50. The summed E-state index contributed by atoms with van der Waals surface area (Å²) >= 11 is 0. The standard InChI is InChI=1S/C24H12FN2.C15H28O2.Ir/c25-23-7-3-6-19-20-10-11-27-24(22(20)9-8-21(19)23)16-12-15-4-1-2-5-18(15)17(13-16)14-26;1-7-14(5,8-2)12(16)11-13(17)15(6,9-3)10-4;/h1-11,13H;11,16H,7-10H2,1-6H3;/q-1;;/b;12-11-;. The Balaban J connectivity index is 0.000000270. The summed E-state index contributed by atoms with van der Waals surface area (Å²) in [5.74, 6) is 0.0468. The van der Waals surface area contributed by atoms with Crippen molar-refractivity contribution in [3.8, 4) is 17.3 Å². The molecule has 0 saturated carbocycles. The van der Waals surface area contributed by atoms with Gasteiger partial charge in [-0.1, -0.05) is 95.0 Å². The van der Waals surface area contributed by atoms with Gasteiger partial charge in [-0.25, -0.2) is 4.39 Å². The van der Waals surface area contributed by atoms with Gasteiger partial charge in [0, 0.05) is 54.3 Å². The number of halogens is 1. The molecule has 0 fully saturated rings. The van der Waals surface area contributed by atoms with Crippen molar-refractivity contribution in [2.75, 3.05) is 0 Å². The van der Waals surface area contributed by atoms with Crippen molar-refractivity contribution in [3.63, 3.8) is 0 Å². The van der Waals surface area contributed by atoms with Gasteiger partial charge < -0.3 is 5.11 Å². The number of fused-ring (bicyclic) bond motifs is 4. The molecule has 0 aliphatic heterocycles. The van der Waals surface area contributed by atoms with Gasteiger partial charge in [-0.05, 0) is 59.5 Å². The Bertz CT molecular complexity index is 1900. The summed E-state index contributed by atoms with van der Waals surface area (Å²) in [5, 5.41) is 24.7. The van der Waals surface area contributed by atoms with E-state index in [0.29, 0.717) is 10.9 Å². The summed E-state index contributed by atoms with van der Waals surface area (Å²) in [6.07, 6.45) is 6.47. The topological polar surface area (TPSA) is 74.0 Å². The van der Waals surface area contributed by atoms with Crippen LogP contribution in [-0.4, -0.2) is 15.9 Å². The first-order chi connectivity index (χ1) is 21.0. The van der Waals surface area contributed by atoms with E-state index in [0.717, 1.165) is 63.9 Å². The SMILES string of the molecule is CCC(C)(CC)C(=O)/C=C(\O)C(C)(CC)CC.N#Cc1cc(-c2nccc3c2ccc2c(F)cccc23)[c-]c2ccccc12.[Ir]. The minimum Gasteiger partial charge on any atom is -0.512 e. The van der Waals surface area contributed by atoms with Crippen LogP contribution in [0.15, 0.2) is 84.8 Å². The van der Waals surface area contributed by atoms with Gasteiger partial charge >= 0.3 is 0 Å². The molecule has 0 spiro atoms. The number of carbonyl (C=O) groups is 1. The fourth-order valence-electron chi connectivity index (χ4n) is 5.33. The molecule has 4 aromatic carbocycles. The molecule has 1 N–H and O–H groups in total. The molecule has 0 unspecified atom stereocenters. The zero-order chi connectivity index (χ0) is 32.1. The average molecular weight is 780 g/mol. The second-order valence-electron chi connectivity index (χ2n) is 11.8. The molecule has 4 nitrogen and oxygen atoms in total. The predicted octanol–water partition coefficient (Wildman–Crippen LogP) is 10.7. The molecular formula is C39H40FIrN2O2-. The Morgan fingerprint density at radius 1 is 0.867 bits per heavy atom. The van der Waals surface area contributed by atoms with Crippen molar-refractivity contribution in [2.24, 2.45) is 10.8 Å². The van der Waals surface area contributed by atoms with Crippen molar-refractivity contribution >= 4 is 38.1 Å². The summed E-state index contributed by atoms with van der Waals surface area (Å²) in [4.78, 5) is 16.7. The monoisotopic (exact) mass is 780 g/mol. The molecular weight excluding hydrogens is 740 g/mol. The van der Waals surface area contributed by atoms with E-state index in [9.17, 15) is 19.6 Å². The van der Waals surface area contributed by atoms with Crippen LogP contribution in [0, 0.1) is 34.0 Å². The van der Waals surface area contributed by atoms with E-state index in [1.54, 1.807) is 18.3 Å². The molecule has 0 atom stereocenters. The second-order valence-corrected chi connectivity index (χ2v) is 11.8. The summed E-state index contributed by atoms with van der Waals surface area (Å²) < 4.78 is 14.2. The van der Waals surface area contributed by atoms with Crippen LogP contribution in [0.1, 0.15) is 72.8 Å². The number of allylic oxidation sites excluding steroid dienone is 2. The average Bonchev–Trinajstić information content (AvgIpc) is 3.06. The normalized spacial score (nSPS) is 11.9. The van der Waals surface area contributed by atoms with Gasteiger partial charge in [0.1, 0.15) is 11.6 Å². The predicted molar refractivity (Wildman–Crippen MR) is 179 cm³/mol. The van der Waals surface area contributed by atoms with Crippen LogP contribution in [0.4, 0.5) is 4.39 Å². The van der Waals surface area contributed by atoms with Crippen LogP contribution in [0.3, 0.4) is 0 Å². The van der Waals surface area contributed by atoms with Crippen molar-refractivity contribution in [1.29, 1.82) is 5.26 Å². The van der Waals surface area contributed by atoms with E-state index in [1.165, 1.54) is 12.1 Å². The number of nitriles is 1. The zero-order valence-corrected chi connectivity index (χ0v) is 29.2. The molecule has 6 heteroatoms. The number of aliphatic hydroxyl groups is 1. The molecule has 45 heavy (non-hydrogen) atoms. The molecule has 0 amide bonds. The maximum absolute atomic E-state index is 14.2. The quantitative estimate of drug-likeness (QED) is 0.0737. The van der Waals surface area contributed by atoms with Crippen LogP contribution in [0.25, 0.3) is 43.6 Å². The van der Waals surface area contributed by atoms with Gasteiger partial charge in [-0.15, -0.1) is 23.6 Å². The molecule has 0 saturated heterocycles. The van der Waals surface area contributed by atoms with Crippen molar-refractivity contribution < 1.29 is 34.4 Å². The number of rotatable bonds is 8. The maximum Gasteiger partial charge on any atom is 0.164 e. The summed E-state index contributed by atoms with van der Waals surface area (Å²) in [7, 11) is 0. The number of nitrogens with zero attached hydrogens (tertiary/aromatic N) is 2. The van der Waals surface area contributed by atoms with Gasteiger partial charge in [0.25, 0.3) is 0 Å². The maximum atomic E-state index is 14.2. The number of aliphatic hydroxyl groups excluding tert-OH is 1. The molecule has 0 aliphatic rings. The van der Waals surface area contributed by atoms with Crippen LogP contribution in [0.5, 0.6) is 0 Å². The van der Waals surface area contributed by atoms with Gasteiger partial charge in [0.15, 0.2) is 5.78 Å². The Kier molecular flexibility index (Phi) is 11.8. The van der Waals surface area contributed by atoms with E-state index in [2.05, 4.69) is 17.1 Å². The van der Waals surface area contributed by atoms with E-state index in [4.69, 9.17) is 0 Å². The Morgan fingerprint density at radius 2 is 1.47 bits per heavy atom. The fourth-order valence-corrected chi connectivity index (χ4v) is 5.33. The minimum absolute atomic E-state index is 0. The number of hydrogen-bond acceptors (Lipinski definition) is 4. The van der Waals surface area contributed by atoms with Crippen LogP contribution >= 0.6 is 0 Å². The Hall–Kier alpha value is -3.91. The van der Waals surface area contributed by atoms with Gasteiger partial charge in [0.05, 0.1) is 6.07 Å². The van der Waals surface area contributed by atoms with Crippen LogP contribution in [-0.2, 0) is 24.9 Å². The molecule has 235 valence electrons. The number of pyridine rings is 1. The first kappa shape index (κ1) is 35.6. The van der Waals surface area contributed by atoms with E-state index in [1.807, 2.05) is 90.1 Å². The molecule has 1 radical (unpaired) electrons. The van der Waals surface area contributed by atoms with E-state index in [-0.39, 0.29) is 48.3 Å².